The van der Waals surface area contributed by atoms with Crippen molar-refractivity contribution in [3.8, 4) is 11.9 Å². The van der Waals surface area contributed by atoms with Crippen LogP contribution in [0.1, 0.15) is 30.6 Å². The number of benzene rings is 2. The minimum Gasteiger partial charge on any atom is -0.496 e. The third-order valence-electron chi connectivity index (χ3n) is 6.40. The first kappa shape index (κ1) is 28.0. The summed E-state index contributed by atoms with van der Waals surface area (Å²) in [5.41, 5.74) is 2.51. The third-order valence-corrected chi connectivity index (χ3v) is 7.02. The zero-order valence-corrected chi connectivity index (χ0v) is 23.5. The fourth-order valence-corrected chi connectivity index (χ4v) is 5.09. The van der Waals surface area contributed by atoms with Crippen molar-refractivity contribution in [2.75, 3.05) is 32.1 Å². The number of carbonyl (C=O) groups excluding carboxylic acids is 2. The van der Waals surface area contributed by atoms with Gasteiger partial charge in [-0.25, -0.2) is 4.99 Å². The number of aliphatic imine (C=N–C) groups is 1. The number of nitrogens with zero attached hydrogens (tertiary/aromatic N) is 3. The molecule has 39 heavy (non-hydrogen) atoms. The van der Waals surface area contributed by atoms with Crippen LogP contribution >= 0.6 is 15.9 Å². The molecule has 1 aliphatic rings. The Morgan fingerprint density at radius 1 is 1.26 bits per heavy atom. The largest absolute Gasteiger partial charge is 0.496 e. The monoisotopic (exact) mass is 594 g/mol. The molecule has 11 heteroatoms. The summed E-state index contributed by atoms with van der Waals surface area (Å²) >= 11 is 3.47. The van der Waals surface area contributed by atoms with Crippen LogP contribution in [0.4, 0.5) is 5.69 Å². The average molecular weight is 595 g/mol. The van der Waals surface area contributed by atoms with E-state index in [2.05, 4.69) is 36.9 Å². The molecule has 2 aromatic carbocycles. The lowest BCUT2D eigenvalue weighted by Gasteiger charge is -2.22. The highest BCUT2D eigenvalue weighted by atomic mass is 79.9. The fraction of sp³-hybridized carbons (Fsp3) is 0.357. The van der Waals surface area contributed by atoms with Crippen LogP contribution < -0.4 is 20.7 Å². The van der Waals surface area contributed by atoms with Gasteiger partial charge in [0.05, 0.1) is 18.1 Å². The molecule has 10 nitrogen and oxygen atoms in total. The number of aryl methyl sites for hydroxylation is 1. The van der Waals surface area contributed by atoms with E-state index in [4.69, 9.17) is 9.15 Å². The Bertz CT molecular complexity index is 1410. The highest BCUT2D eigenvalue weighted by Crippen LogP contribution is 2.26. The summed E-state index contributed by atoms with van der Waals surface area (Å²) in [4.78, 5) is 32.1. The van der Waals surface area contributed by atoms with E-state index in [-0.39, 0.29) is 24.3 Å². The summed E-state index contributed by atoms with van der Waals surface area (Å²) < 4.78 is 11.7. The highest BCUT2D eigenvalue weighted by molar-refractivity contribution is 9.10. The van der Waals surface area contributed by atoms with E-state index in [0.717, 1.165) is 45.4 Å². The van der Waals surface area contributed by atoms with Crippen LogP contribution in [-0.4, -0.2) is 55.5 Å². The Labute approximate surface area is 235 Å². The molecule has 0 radical (unpaired) electrons. The van der Waals surface area contributed by atoms with Gasteiger partial charge in [0.25, 0.3) is 0 Å². The second kappa shape index (κ2) is 13.2. The highest BCUT2D eigenvalue weighted by Gasteiger charge is 2.28. The van der Waals surface area contributed by atoms with Gasteiger partial charge < -0.3 is 24.7 Å². The van der Waals surface area contributed by atoms with Gasteiger partial charge in [0.2, 0.25) is 17.8 Å². The van der Waals surface area contributed by atoms with Crippen LogP contribution in [0, 0.1) is 18.4 Å². The molecule has 2 heterocycles. The van der Waals surface area contributed by atoms with Gasteiger partial charge in [-0.15, -0.1) is 0 Å². The van der Waals surface area contributed by atoms with Crippen molar-refractivity contribution in [3.05, 3.63) is 58.3 Å². The van der Waals surface area contributed by atoms with Crippen molar-refractivity contribution in [2.45, 2.75) is 38.6 Å². The van der Waals surface area contributed by atoms with Crippen LogP contribution in [0.5, 0.6) is 5.75 Å². The normalized spacial score (nSPS) is 15.9. The zero-order chi connectivity index (χ0) is 27.8. The standard InChI is InChI=1S/C28H31BrN6O4/c1-18-13-20-15-21(7-9-24(20)39-18)33-28(32-17-30)34-23-5-3-4-12-35(27(23)37)16-26(36)31-11-10-19-6-8-25(38-2)22(29)14-19/h6-9,13-15,23H,3-5,10-12,16H2,1-2H3,(H,31,36)(H2,32,33,34)/t23-/m0/s1. The van der Waals surface area contributed by atoms with Crippen molar-refractivity contribution >= 4 is 50.4 Å². The maximum atomic E-state index is 13.3. The number of furan rings is 1. The number of ether oxygens (including phenoxy) is 1. The molecule has 1 aliphatic heterocycles. The third kappa shape index (κ3) is 7.51. The number of anilines is 1. The number of nitrogens with one attached hydrogen (secondary N) is 3. The first-order valence-electron chi connectivity index (χ1n) is 12.7. The molecule has 0 saturated carbocycles. The number of hydrogen-bond acceptors (Lipinski definition) is 6. The van der Waals surface area contributed by atoms with Crippen molar-refractivity contribution in [1.29, 1.82) is 5.26 Å². The summed E-state index contributed by atoms with van der Waals surface area (Å²) in [6.45, 7) is 2.76. The van der Waals surface area contributed by atoms with Gasteiger partial charge in [0.1, 0.15) is 23.1 Å². The number of amides is 2. The Kier molecular flexibility index (Phi) is 9.44. The Balaban J connectivity index is 1.37. The van der Waals surface area contributed by atoms with Gasteiger partial charge in [0, 0.05) is 24.2 Å². The van der Waals surface area contributed by atoms with Crippen molar-refractivity contribution < 1.29 is 18.7 Å². The number of likely N-dealkylation sites (tertiary alicyclic amines) is 1. The molecule has 0 unspecified atom stereocenters. The Morgan fingerprint density at radius 2 is 2.10 bits per heavy atom. The number of fused-ring (bicyclic) bond motifs is 1. The predicted molar refractivity (Wildman–Crippen MR) is 152 cm³/mol. The first-order valence-corrected chi connectivity index (χ1v) is 13.5. The number of hydrogen-bond donors (Lipinski definition) is 3. The van der Waals surface area contributed by atoms with E-state index in [1.807, 2.05) is 55.6 Å². The zero-order valence-electron chi connectivity index (χ0n) is 21.9. The van der Waals surface area contributed by atoms with E-state index < -0.39 is 6.04 Å². The lowest BCUT2D eigenvalue weighted by molar-refractivity contribution is -0.136. The number of nitriles is 1. The van der Waals surface area contributed by atoms with Gasteiger partial charge >= 0.3 is 0 Å². The lowest BCUT2D eigenvalue weighted by Crippen LogP contribution is -2.44. The maximum absolute atomic E-state index is 13.3. The first-order chi connectivity index (χ1) is 18.9. The van der Waals surface area contributed by atoms with Crippen LogP contribution in [0.3, 0.4) is 0 Å². The molecule has 4 rings (SSSR count). The molecular formula is C28H31BrN6O4. The van der Waals surface area contributed by atoms with Crippen molar-refractivity contribution in [2.24, 2.45) is 4.99 Å². The van der Waals surface area contributed by atoms with E-state index in [0.29, 0.717) is 31.6 Å². The molecule has 1 aromatic heterocycles. The average Bonchev–Trinajstić information content (AvgIpc) is 3.20. The predicted octanol–water partition coefficient (Wildman–Crippen LogP) is 4.09. The Hall–Kier alpha value is -4.04. The molecule has 2 amide bonds. The summed E-state index contributed by atoms with van der Waals surface area (Å²) in [6.07, 6.45) is 4.61. The maximum Gasteiger partial charge on any atom is 0.247 e. The van der Waals surface area contributed by atoms with Gasteiger partial charge in [-0.3, -0.25) is 14.9 Å². The Morgan fingerprint density at radius 3 is 2.87 bits per heavy atom. The minimum atomic E-state index is -0.708. The van der Waals surface area contributed by atoms with Gasteiger partial charge in [-0.05, 0) is 90.5 Å². The quantitative estimate of drug-likeness (QED) is 0.155. The van der Waals surface area contributed by atoms with Crippen LogP contribution in [0.15, 0.2) is 56.3 Å². The van der Waals surface area contributed by atoms with E-state index in [9.17, 15) is 14.9 Å². The SMILES string of the molecule is COc1ccc(CCNC(=O)CN2CCCC[C@H](N=C(NC#N)Nc3ccc4oc(C)cc4c3)C2=O)cc1Br. The molecule has 0 spiro atoms. The topological polar surface area (TPSA) is 132 Å². The molecule has 3 aromatic rings. The van der Waals surface area contributed by atoms with Gasteiger partial charge in [-0.1, -0.05) is 6.07 Å². The van der Waals surface area contributed by atoms with Crippen molar-refractivity contribution in [1.82, 2.24) is 15.5 Å². The van der Waals surface area contributed by atoms with Gasteiger partial charge in [0.15, 0.2) is 6.19 Å². The minimum absolute atomic E-state index is 0.0396. The molecule has 0 aliphatic carbocycles. The smallest absolute Gasteiger partial charge is 0.247 e. The van der Waals surface area contributed by atoms with Gasteiger partial charge in [-0.2, -0.15) is 5.26 Å². The number of carbonyl (C=O) groups is 2. The molecular weight excluding hydrogens is 564 g/mol. The molecule has 3 N–H and O–H groups in total. The number of methoxy groups -OCH3 is 1. The second-order valence-corrected chi connectivity index (χ2v) is 10.1. The molecule has 1 fully saturated rings. The second-order valence-electron chi connectivity index (χ2n) is 9.29. The molecule has 1 atom stereocenters. The number of guanidine groups is 1. The van der Waals surface area contributed by atoms with Crippen molar-refractivity contribution in [3.63, 3.8) is 0 Å². The van der Waals surface area contributed by atoms with Crippen LogP contribution in [-0.2, 0) is 16.0 Å². The number of rotatable bonds is 8. The lowest BCUT2D eigenvalue weighted by atomic mass is 10.1. The molecule has 1 saturated heterocycles. The molecule has 0 bridgehead atoms. The van der Waals surface area contributed by atoms with Crippen LogP contribution in [0.25, 0.3) is 11.0 Å². The van der Waals surface area contributed by atoms with Crippen LogP contribution in [0.2, 0.25) is 0 Å². The summed E-state index contributed by atoms with van der Waals surface area (Å²) in [7, 11) is 1.61. The van der Waals surface area contributed by atoms with E-state index in [1.54, 1.807) is 12.0 Å². The number of halogens is 1. The van der Waals surface area contributed by atoms with E-state index >= 15 is 0 Å². The molecule has 204 valence electrons. The summed E-state index contributed by atoms with van der Waals surface area (Å²) in [5.74, 6) is 1.26. The summed E-state index contributed by atoms with van der Waals surface area (Å²) in [6, 6.07) is 12.5. The summed E-state index contributed by atoms with van der Waals surface area (Å²) in [5, 5.41) is 18.7. The van der Waals surface area contributed by atoms with E-state index in [1.165, 1.54) is 0 Å². The fourth-order valence-electron chi connectivity index (χ4n) is 4.50.